The number of hydrogen-bond acceptors (Lipinski definition) is 3. The van der Waals surface area contributed by atoms with Gasteiger partial charge in [0.25, 0.3) is 5.91 Å². The fourth-order valence-corrected chi connectivity index (χ4v) is 1.57. The second-order valence-electron chi connectivity index (χ2n) is 3.33. The van der Waals surface area contributed by atoms with Crippen molar-refractivity contribution in [3.8, 4) is 5.69 Å². The maximum atomic E-state index is 10.9. The molecule has 1 amide bonds. The lowest BCUT2D eigenvalue weighted by atomic mass is 10.2. The zero-order chi connectivity index (χ0) is 12.4. The molecule has 6 heteroatoms. The van der Waals surface area contributed by atoms with Gasteiger partial charge in [0.1, 0.15) is 5.69 Å². The van der Waals surface area contributed by atoms with E-state index >= 15 is 0 Å². The van der Waals surface area contributed by atoms with E-state index in [1.807, 2.05) is 0 Å². The predicted molar refractivity (Wildman–Crippen MR) is 62.5 cm³/mol. The standard InChI is InChI=1S/C11H8ClN3O2/c12-9-5-8(2-1-7(9)6-16)15-4-3-10(14-15)11(13)17/h1-6H,(H2,13,17). The maximum absolute atomic E-state index is 10.9. The Balaban J connectivity index is 2.42. The number of aldehydes is 1. The summed E-state index contributed by atoms with van der Waals surface area (Å²) in [4.78, 5) is 21.5. The molecule has 0 fully saturated rings. The van der Waals surface area contributed by atoms with Crippen LogP contribution in [0.25, 0.3) is 5.69 Å². The van der Waals surface area contributed by atoms with E-state index in [2.05, 4.69) is 5.10 Å². The van der Waals surface area contributed by atoms with Crippen molar-refractivity contribution in [2.75, 3.05) is 0 Å². The van der Waals surface area contributed by atoms with Crippen LogP contribution in [0.2, 0.25) is 5.02 Å². The van der Waals surface area contributed by atoms with Crippen LogP contribution in [-0.2, 0) is 0 Å². The van der Waals surface area contributed by atoms with E-state index in [1.54, 1.807) is 24.4 Å². The van der Waals surface area contributed by atoms with Crippen LogP contribution in [0.5, 0.6) is 0 Å². The number of amides is 1. The van der Waals surface area contributed by atoms with Crippen LogP contribution in [0.3, 0.4) is 0 Å². The van der Waals surface area contributed by atoms with Crippen LogP contribution in [0, 0.1) is 0 Å². The highest BCUT2D eigenvalue weighted by molar-refractivity contribution is 6.33. The number of carbonyl (C=O) groups excluding carboxylic acids is 2. The minimum Gasteiger partial charge on any atom is -0.364 e. The first-order valence-electron chi connectivity index (χ1n) is 4.72. The third kappa shape index (κ3) is 2.19. The molecule has 0 radical (unpaired) electrons. The number of rotatable bonds is 3. The molecule has 2 aromatic rings. The molecule has 17 heavy (non-hydrogen) atoms. The van der Waals surface area contributed by atoms with Gasteiger partial charge in [0, 0.05) is 11.8 Å². The summed E-state index contributed by atoms with van der Waals surface area (Å²) in [7, 11) is 0. The topological polar surface area (TPSA) is 78.0 Å². The van der Waals surface area contributed by atoms with Crippen molar-refractivity contribution < 1.29 is 9.59 Å². The molecular formula is C11H8ClN3O2. The fourth-order valence-electron chi connectivity index (χ4n) is 1.35. The van der Waals surface area contributed by atoms with Crippen LogP contribution in [0.1, 0.15) is 20.8 Å². The number of primary amides is 1. The second-order valence-corrected chi connectivity index (χ2v) is 3.74. The Hall–Kier alpha value is -2.14. The van der Waals surface area contributed by atoms with E-state index in [-0.39, 0.29) is 5.69 Å². The van der Waals surface area contributed by atoms with Crippen LogP contribution in [-0.4, -0.2) is 22.0 Å². The lowest BCUT2D eigenvalue weighted by Crippen LogP contribution is -2.12. The van der Waals surface area contributed by atoms with E-state index in [1.165, 1.54) is 10.7 Å². The first kappa shape index (κ1) is 11.3. The molecule has 2 rings (SSSR count). The van der Waals surface area contributed by atoms with Gasteiger partial charge in [-0.2, -0.15) is 5.10 Å². The molecule has 0 saturated carbocycles. The van der Waals surface area contributed by atoms with Gasteiger partial charge in [-0.3, -0.25) is 9.59 Å². The van der Waals surface area contributed by atoms with Gasteiger partial charge in [-0.15, -0.1) is 0 Å². The monoisotopic (exact) mass is 249 g/mol. The molecule has 0 aliphatic heterocycles. The lowest BCUT2D eigenvalue weighted by Gasteiger charge is -2.03. The Bertz CT molecular complexity index is 592. The quantitative estimate of drug-likeness (QED) is 0.836. The Morgan fingerprint density at radius 1 is 1.41 bits per heavy atom. The highest BCUT2D eigenvalue weighted by Gasteiger charge is 2.07. The second kappa shape index (κ2) is 4.39. The Kier molecular flexibility index (Phi) is 2.93. The number of nitrogens with zero attached hydrogens (tertiary/aromatic N) is 2. The van der Waals surface area contributed by atoms with Gasteiger partial charge in [0.2, 0.25) is 0 Å². The molecule has 0 spiro atoms. The van der Waals surface area contributed by atoms with E-state index in [0.717, 1.165) is 0 Å². The van der Waals surface area contributed by atoms with Crippen molar-refractivity contribution in [3.63, 3.8) is 0 Å². The van der Waals surface area contributed by atoms with Crippen molar-refractivity contribution in [2.24, 2.45) is 5.73 Å². The van der Waals surface area contributed by atoms with E-state index in [9.17, 15) is 9.59 Å². The predicted octanol–water partition coefficient (Wildman–Crippen LogP) is 1.44. The maximum Gasteiger partial charge on any atom is 0.269 e. The van der Waals surface area contributed by atoms with Crippen LogP contribution >= 0.6 is 11.6 Å². The molecule has 5 nitrogen and oxygen atoms in total. The molecular weight excluding hydrogens is 242 g/mol. The molecule has 86 valence electrons. The van der Waals surface area contributed by atoms with Gasteiger partial charge in [-0.25, -0.2) is 4.68 Å². The zero-order valence-corrected chi connectivity index (χ0v) is 9.39. The minimum atomic E-state index is -0.598. The van der Waals surface area contributed by atoms with Crippen LogP contribution in [0.4, 0.5) is 0 Å². The van der Waals surface area contributed by atoms with Crippen LogP contribution in [0.15, 0.2) is 30.5 Å². The average molecular weight is 250 g/mol. The Labute approximate surface area is 102 Å². The van der Waals surface area contributed by atoms with Crippen molar-refractivity contribution in [1.82, 2.24) is 9.78 Å². The van der Waals surface area contributed by atoms with Crippen molar-refractivity contribution >= 4 is 23.8 Å². The molecule has 1 aromatic carbocycles. The number of benzene rings is 1. The van der Waals surface area contributed by atoms with Gasteiger partial charge in [-0.05, 0) is 24.3 Å². The van der Waals surface area contributed by atoms with Crippen molar-refractivity contribution in [1.29, 1.82) is 0 Å². The normalized spacial score (nSPS) is 10.2. The largest absolute Gasteiger partial charge is 0.364 e. The van der Waals surface area contributed by atoms with Crippen LogP contribution < -0.4 is 5.73 Å². The summed E-state index contributed by atoms with van der Waals surface area (Å²) in [5.74, 6) is -0.598. The Morgan fingerprint density at radius 2 is 2.18 bits per heavy atom. The van der Waals surface area contributed by atoms with Gasteiger partial charge >= 0.3 is 0 Å². The number of nitrogens with two attached hydrogens (primary N) is 1. The van der Waals surface area contributed by atoms with Gasteiger partial charge < -0.3 is 5.73 Å². The van der Waals surface area contributed by atoms with Crippen molar-refractivity contribution in [2.45, 2.75) is 0 Å². The summed E-state index contributed by atoms with van der Waals surface area (Å²) >= 11 is 5.88. The molecule has 1 aromatic heterocycles. The smallest absolute Gasteiger partial charge is 0.269 e. The number of carbonyl (C=O) groups is 2. The highest BCUT2D eigenvalue weighted by Crippen LogP contribution is 2.18. The third-order valence-electron chi connectivity index (χ3n) is 2.22. The number of hydrogen-bond donors (Lipinski definition) is 1. The van der Waals surface area contributed by atoms with E-state index in [0.29, 0.717) is 22.6 Å². The van der Waals surface area contributed by atoms with E-state index in [4.69, 9.17) is 17.3 Å². The number of aromatic nitrogens is 2. The molecule has 0 saturated heterocycles. The molecule has 0 aliphatic carbocycles. The number of halogens is 1. The first-order valence-corrected chi connectivity index (χ1v) is 5.10. The third-order valence-corrected chi connectivity index (χ3v) is 2.54. The summed E-state index contributed by atoms with van der Waals surface area (Å²) in [5, 5.41) is 4.30. The van der Waals surface area contributed by atoms with E-state index < -0.39 is 5.91 Å². The summed E-state index contributed by atoms with van der Waals surface area (Å²) in [6.45, 7) is 0. The van der Waals surface area contributed by atoms with Crippen molar-refractivity contribution in [3.05, 3.63) is 46.7 Å². The lowest BCUT2D eigenvalue weighted by molar-refractivity contribution is 0.0994. The summed E-state index contributed by atoms with van der Waals surface area (Å²) in [6, 6.07) is 6.34. The summed E-state index contributed by atoms with van der Waals surface area (Å²) < 4.78 is 1.46. The molecule has 0 unspecified atom stereocenters. The first-order chi connectivity index (χ1) is 8.11. The molecule has 0 bridgehead atoms. The molecule has 0 aliphatic rings. The SMILES string of the molecule is NC(=O)c1ccn(-c2ccc(C=O)c(Cl)c2)n1. The average Bonchev–Trinajstić information content (AvgIpc) is 2.78. The molecule has 0 atom stereocenters. The van der Waals surface area contributed by atoms with Gasteiger partial charge in [0.05, 0.1) is 10.7 Å². The van der Waals surface area contributed by atoms with Gasteiger partial charge in [-0.1, -0.05) is 11.6 Å². The molecule has 2 N–H and O–H groups in total. The summed E-state index contributed by atoms with van der Waals surface area (Å²) in [6.07, 6.45) is 2.26. The zero-order valence-electron chi connectivity index (χ0n) is 8.63. The minimum absolute atomic E-state index is 0.167. The molecule has 1 heterocycles. The fraction of sp³-hybridized carbons (Fsp3) is 0. The summed E-state index contributed by atoms with van der Waals surface area (Å²) in [5.41, 5.74) is 6.31. The Morgan fingerprint density at radius 3 is 2.71 bits per heavy atom. The van der Waals surface area contributed by atoms with Gasteiger partial charge in [0.15, 0.2) is 6.29 Å². The highest BCUT2D eigenvalue weighted by atomic mass is 35.5.